The minimum Gasteiger partial charge on any atom is -0.487 e. The fourth-order valence-electron chi connectivity index (χ4n) is 3.37. The number of amides is 1. The average molecular weight is 515 g/mol. The molecular formula is C26H22Cl3N3O2. The molecule has 0 radical (unpaired) electrons. The Hall–Kier alpha value is -2.99. The molecule has 0 bridgehead atoms. The van der Waals surface area contributed by atoms with Gasteiger partial charge in [-0.2, -0.15) is 5.10 Å². The third-order valence-corrected chi connectivity index (χ3v) is 6.15. The zero-order valence-electron chi connectivity index (χ0n) is 18.6. The fourth-order valence-corrected chi connectivity index (χ4v) is 4.01. The van der Waals surface area contributed by atoms with E-state index in [0.29, 0.717) is 45.4 Å². The molecule has 0 atom stereocenters. The Morgan fingerprint density at radius 1 is 0.941 bits per heavy atom. The van der Waals surface area contributed by atoms with Crippen LogP contribution in [0.5, 0.6) is 5.75 Å². The molecule has 4 rings (SSSR count). The molecule has 0 saturated heterocycles. The molecule has 0 fully saturated rings. The number of nitrogens with zero attached hydrogens (tertiary/aromatic N) is 2. The van der Waals surface area contributed by atoms with Crippen molar-refractivity contribution in [2.75, 3.05) is 5.32 Å². The Balaban J connectivity index is 1.38. The minimum atomic E-state index is -0.247. The number of nitrogens with one attached hydrogen (secondary N) is 1. The van der Waals surface area contributed by atoms with Crippen LogP contribution in [0.25, 0.3) is 0 Å². The summed E-state index contributed by atoms with van der Waals surface area (Å²) in [6.45, 7) is 4.72. The van der Waals surface area contributed by atoms with Crippen LogP contribution >= 0.6 is 34.8 Å². The molecular weight excluding hydrogens is 493 g/mol. The highest BCUT2D eigenvalue weighted by atomic mass is 35.5. The third-order valence-electron chi connectivity index (χ3n) is 5.26. The van der Waals surface area contributed by atoms with Gasteiger partial charge in [-0.1, -0.05) is 59.1 Å². The van der Waals surface area contributed by atoms with E-state index < -0.39 is 0 Å². The molecule has 0 saturated carbocycles. The van der Waals surface area contributed by atoms with Gasteiger partial charge in [0, 0.05) is 27.4 Å². The highest BCUT2D eigenvalue weighted by Gasteiger charge is 2.12. The zero-order valence-corrected chi connectivity index (χ0v) is 20.9. The van der Waals surface area contributed by atoms with Gasteiger partial charge in [-0.3, -0.25) is 9.48 Å². The number of ether oxygens (including phenoxy) is 1. The monoisotopic (exact) mass is 513 g/mol. The number of aromatic nitrogens is 2. The Labute approximate surface area is 213 Å². The molecule has 1 heterocycles. The molecule has 4 aromatic rings. The van der Waals surface area contributed by atoms with Crippen molar-refractivity contribution < 1.29 is 9.53 Å². The summed E-state index contributed by atoms with van der Waals surface area (Å²) < 4.78 is 7.60. The average Bonchev–Trinajstić information content (AvgIpc) is 3.15. The lowest BCUT2D eigenvalue weighted by molar-refractivity contribution is 0.102. The number of anilines is 1. The Bertz CT molecular complexity index is 1330. The topological polar surface area (TPSA) is 56.1 Å². The number of hydrogen-bond acceptors (Lipinski definition) is 3. The van der Waals surface area contributed by atoms with Crippen LogP contribution in [0, 0.1) is 13.8 Å². The highest BCUT2D eigenvalue weighted by Crippen LogP contribution is 2.26. The van der Waals surface area contributed by atoms with Gasteiger partial charge < -0.3 is 10.1 Å². The van der Waals surface area contributed by atoms with E-state index in [2.05, 4.69) is 10.4 Å². The van der Waals surface area contributed by atoms with Gasteiger partial charge in [0.15, 0.2) is 5.82 Å². The van der Waals surface area contributed by atoms with Crippen molar-refractivity contribution in [3.8, 4) is 5.75 Å². The second kappa shape index (κ2) is 10.5. The van der Waals surface area contributed by atoms with Gasteiger partial charge in [-0.05, 0) is 66.9 Å². The molecule has 1 N–H and O–H groups in total. The lowest BCUT2D eigenvalue weighted by Crippen LogP contribution is -2.13. The molecule has 0 aliphatic carbocycles. The molecule has 174 valence electrons. The summed E-state index contributed by atoms with van der Waals surface area (Å²) in [4.78, 5) is 12.7. The molecule has 0 spiro atoms. The van der Waals surface area contributed by atoms with Crippen LogP contribution in [0.2, 0.25) is 15.1 Å². The van der Waals surface area contributed by atoms with Gasteiger partial charge in [-0.25, -0.2) is 0 Å². The normalized spacial score (nSPS) is 10.9. The maximum absolute atomic E-state index is 12.7. The van der Waals surface area contributed by atoms with E-state index >= 15 is 0 Å². The molecule has 0 aliphatic rings. The lowest BCUT2D eigenvalue weighted by Gasteiger charge is -2.09. The minimum absolute atomic E-state index is 0.247. The van der Waals surface area contributed by atoms with Gasteiger partial charge in [0.2, 0.25) is 0 Å². The molecule has 0 unspecified atom stereocenters. The Morgan fingerprint density at radius 3 is 2.44 bits per heavy atom. The van der Waals surface area contributed by atoms with Gasteiger partial charge >= 0.3 is 0 Å². The van der Waals surface area contributed by atoms with Crippen molar-refractivity contribution in [2.45, 2.75) is 27.0 Å². The Kier molecular flexibility index (Phi) is 7.47. The van der Waals surface area contributed by atoms with Crippen molar-refractivity contribution in [3.05, 3.63) is 110 Å². The van der Waals surface area contributed by atoms with E-state index in [1.165, 1.54) is 0 Å². The first-order chi connectivity index (χ1) is 16.3. The van der Waals surface area contributed by atoms with E-state index in [1.807, 2.05) is 56.3 Å². The summed E-state index contributed by atoms with van der Waals surface area (Å²) in [5.41, 5.74) is 4.29. The third kappa shape index (κ3) is 5.92. The van der Waals surface area contributed by atoms with E-state index in [-0.39, 0.29) is 5.91 Å². The van der Waals surface area contributed by atoms with Gasteiger partial charge in [0.1, 0.15) is 12.4 Å². The largest absolute Gasteiger partial charge is 0.487 e. The van der Waals surface area contributed by atoms with E-state index in [1.54, 1.807) is 28.9 Å². The summed E-state index contributed by atoms with van der Waals surface area (Å²) in [7, 11) is 0. The van der Waals surface area contributed by atoms with E-state index in [0.717, 1.165) is 22.4 Å². The van der Waals surface area contributed by atoms with Crippen LogP contribution < -0.4 is 10.1 Å². The lowest BCUT2D eigenvalue weighted by atomic mass is 10.1. The molecule has 34 heavy (non-hydrogen) atoms. The number of hydrogen-bond donors (Lipinski definition) is 1. The standard InChI is InChI=1S/C26H22Cl3N3O2/c1-16-3-10-22(28)24(11-16)34-15-18-4-6-19(7-5-18)26(33)30-25-12-17(2)32(31-25)14-20-8-9-21(27)13-23(20)29/h3-13H,14-15H2,1-2H3,(H,30,31,33). The number of aryl methyl sites for hydroxylation is 2. The number of benzene rings is 3. The van der Waals surface area contributed by atoms with Crippen LogP contribution in [0.4, 0.5) is 5.82 Å². The van der Waals surface area contributed by atoms with Crippen molar-refractivity contribution in [1.29, 1.82) is 0 Å². The molecule has 8 heteroatoms. The quantitative estimate of drug-likeness (QED) is 0.281. The first-order valence-corrected chi connectivity index (χ1v) is 11.7. The molecule has 0 aliphatic heterocycles. The van der Waals surface area contributed by atoms with Crippen LogP contribution in [0.1, 0.15) is 32.7 Å². The number of carbonyl (C=O) groups is 1. The summed E-state index contributed by atoms with van der Waals surface area (Å²) in [5.74, 6) is 0.854. The highest BCUT2D eigenvalue weighted by molar-refractivity contribution is 6.35. The molecule has 1 amide bonds. The van der Waals surface area contributed by atoms with Crippen molar-refractivity contribution >= 4 is 46.5 Å². The summed E-state index contributed by atoms with van der Waals surface area (Å²) in [5, 5.41) is 9.05. The Morgan fingerprint density at radius 2 is 1.71 bits per heavy atom. The number of carbonyl (C=O) groups excluding carboxylic acids is 1. The van der Waals surface area contributed by atoms with Crippen molar-refractivity contribution in [3.63, 3.8) is 0 Å². The van der Waals surface area contributed by atoms with Gasteiger partial charge in [-0.15, -0.1) is 0 Å². The second-order valence-electron chi connectivity index (χ2n) is 7.94. The van der Waals surface area contributed by atoms with Crippen LogP contribution in [-0.2, 0) is 13.2 Å². The van der Waals surface area contributed by atoms with Crippen molar-refractivity contribution in [2.24, 2.45) is 0 Å². The zero-order chi connectivity index (χ0) is 24.2. The fraction of sp³-hybridized carbons (Fsp3) is 0.154. The van der Waals surface area contributed by atoms with Crippen LogP contribution in [0.3, 0.4) is 0 Å². The van der Waals surface area contributed by atoms with E-state index in [4.69, 9.17) is 39.5 Å². The predicted octanol–water partition coefficient (Wildman–Crippen LogP) is 7.34. The maximum Gasteiger partial charge on any atom is 0.256 e. The SMILES string of the molecule is Cc1ccc(Cl)c(OCc2ccc(C(=O)Nc3cc(C)n(Cc4ccc(Cl)cc4Cl)n3)cc2)c1. The molecule has 5 nitrogen and oxygen atoms in total. The summed E-state index contributed by atoms with van der Waals surface area (Å²) in [6.07, 6.45) is 0. The first-order valence-electron chi connectivity index (χ1n) is 10.6. The molecule has 3 aromatic carbocycles. The van der Waals surface area contributed by atoms with E-state index in [9.17, 15) is 4.79 Å². The first kappa shape index (κ1) is 24.1. The predicted molar refractivity (Wildman–Crippen MR) is 137 cm³/mol. The summed E-state index contributed by atoms with van der Waals surface area (Å²) in [6, 6.07) is 20.0. The van der Waals surface area contributed by atoms with Crippen LogP contribution in [-0.4, -0.2) is 15.7 Å². The second-order valence-corrected chi connectivity index (χ2v) is 9.19. The van der Waals surface area contributed by atoms with Gasteiger partial charge in [0.05, 0.1) is 11.6 Å². The summed E-state index contributed by atoms with van der Waals surface area (Å²) >= 11 is 18.4. The maximum atomic E-state index is 12.7. The smallest absolute Gasteiger partial charge is 0.256 e. The van der Waals surface area contributed by atoms with Crippen LogP contribution in [0.15, 0.2) is 66.7 Å². The number of rotatable bonds is 7. The van der Waals surface area contributed by atoms with Crippen molar-refractivity contribution in [1.82, 2.24) is 9.78 Å². The number of halogens is 3. The molecule has 1 aromatic heterocycles. The van der Waals surface area contributed by atoms with Gasteiger partial charge in [0.25, 0.3) is 5.91 Å².